The molecule has 1 aliphatic heterocycles. The predicted molar refractivity (Wildman–Crippen MR) is 96.8 cm³/mol. The summed E-state index contributed by atoms with van der Waals surface area (Å²) in [5.74, 6) is 0.0190. The first kappa shape index (κ1) is 18.9. The summed E-state index contributed by atoms with van der Waals surface area (Å²) in [7, 11) is 0. The molecule has 7 heteroatoms. The topological polar surface area (TPSA) is 70.4 Å². The van der Waals surface area contributed by atoms with Gasteiger partial charge in [-0.2, -0.15) is 5.26 Å². The van der Waals surface area contributed by atoms with Crippen molar-refractivity contribution < 1.29 is 14.3 Å². The Morgan fingerprint density at radius 3 is 2.50 bits per heavy atom. The molecule has 2 heterocycles. The zero-order chi connectivity index (χ0) is 18.0. The summed E-state index contributed by atoms with van der Waals surface area (Å²) in [4.78, 5) is 27.2. The highest BCUT2D eigenvalue weighted by atomic mass is 79.9. The number of nitriles is 1. The third-order valence-electron chi connectivity index (χ3n) is 3.96. The number of ether oxygens (including phenoxy) is 1. The summed E-state index contributed by atoms with van der Waals surface area (Å²) < 4.78 is 5.39. The zero-order valence-electron chi connectivity index (χ0n) is 14.1. The number of likely N-dealkylation sites (tertiary alicyclic amines) is 1. The van der Waals surface area contributed by atoms with E-state index < -0.39 is 11.0 Å². The summed E-state index contributed by atoms with van der Waals surface area (Å²) in [5.41, 5.74) is -1.16. The van der Waals surface area contributed by atoms with Crippen molar-refractivity contribution in [2.24, 2.45) is 0 Å². The molecule has 24 heavy (non-hydrogen) atoms. The van der Waals surface area contributed by atoms with Crippen LogP contribution in [0.2, 0.25) is 0 Å². The summed E-state index contributed by atoms with van der Waals surface area (Å²) in [6.45, 7) is 6.46. The van der Waals surface area contributed by atoms with Gasteiger partial charge in [0.05, 0.1) is 21.7 Å². The Kier molecular flexibility index (Phi) is 5.71. The van der Waals surface area contributed by atoms with Crippen molar-refractivity contribution >= 4 is 39.1 Å². The van der Waals surface area contributed by atoms with Gasteiger partial charge < -0.3 is 9.64 Å². The number of thiophene rings is 1. The smallest absolute Gasteiger partial charge is 0.410 e. The van der Waals surface area contributed by atoms with Crippen LogP contribution in [-0.4, -0.2) is 40.8 Å². The lowest BCUT2D eigenvalue weighted by Gasteiger charge is -2.37. The second-order valence-corrected chi connectivity index (χ2v) is 8.53. The van der Waals surface area contributed by atoms with Gasteiger partial charge in [0.25, 0.3) is 0 Å². The van der Waals surface area contributed by atoms with Gasteiger partial charge in [0.15, 0.2) is 5.78 Å². The Bertz CT molecular complexity index is 664. The van der Waals surface area contributed by atoms with E-state index in [1.165, 1.54) is 11.3 Å². The van der Waals surface area contributed by atoms with Crippen LogP contribution < -0.4 is 0 Å². The van der Waals surface area contributed by atoms with Crippen LogP contribution in [0.15, 0.2) is 12.1 Å². The molecule has 0 aromatic carbocycles. The number of hydrogen-bond acceptors (Lipinski definition) is 5. The molecule has 1 amide bonds. The first-order valence-corrected chi connectivity index (χ1v) is 9.73. The summed E-state index contributed by atoms with van der Waals surface area (Å²) >= 11 is 4.55. The number of rotatable bonds is 3. The van der Waals surface area contributed by atoms with Crippen molar-refractivity contribution in [2.75, 3.05) is 18.4 Å². The van der Waals surface area contributed by atoms with Crippen molar-refractivity contribution in [3.8, 4) is 6.07 Å². The molecule has 0 bridgehead atoms. The lowest BCUT2D eigenvalue weighted by atomic mass is 9.78. The number of carbonyl (C=O) groups is 2. The minimum atomic E-state index is -0.631. The number of carbonyl (C=O) groups excluding carboxylic acids is 2. The van der Waals surface area contributed by atoms with E-state index in [1.54, 1.807) is 11.0 Å². The number of Topliss-reactive ketones (excluding diaryl/α,β-unsaturated/α-hetero) is 1. The number of halogens is 1. The Labute approximate surface area is 154 Å². The number of piperidine rings is 1. The molecule has 0 N–H and O–H groups in total. The van der Waals surface area contributed by atoms with E-state index in [9.17, 15) is 14.9 Å². The van der Waals surface area contributed by atoms with Gasteiger partial charge >= 0.3 is 6.09 Å². The Morgan fingerprint density at radius 1 is 1.38 bits per heavy atom. The third kappa shape index (κ3) is 4.17. The number of amides is 1. The average molecular weight is 413 g/mol. The molecule has 130 valence electrons. The number of nitrogens with zero attached hydrogens (tertiary/aromatic N) is 2. The minimum absolute atomic E-state index is 0.0190. The standard InChI is InChI=1S/C17H21BrN2O3S/c1-16(2,3)23-15(22)20-8-6-17(11-19,7-9-20)14-5-4-13(24-14)12(21)10-18/h4-5H,6-10H2,1-3H3. The largest absolute Gasteiger partial charge is 0.444 e. The van der Waals surface area contributed by atoms with Crippen LogP contribution in [-0.2, 0) is 10.2 Å². The maximum atomic E-state index is 12.2. The van der Waals surface area contributed by atoms with Crippen LogP contribution in [0.4, 0.5) is 4.79 Å². The van der Waals surface area contributed by atoms with Crippen molar-refractivity contribution in [3.05, 3.63) is 21.9 Å². The molecule has 2 rings (SSSR count). The number of alkyl halides is 1. The lowest BCUT2D eigenvalue weighted by molar-refractivity contribution is 0.0186. The van der Waals surface area contributed by atoms with E-state index in [1.807, 2.05) is 26.8 Å². The SMILES string of the molecule is CC(C)(C)OC(=O)N1CCC(C#N)(c2ccc(C(=O)CBr)s2)CC1. The molecule has 1 aromatic heterocycles. The normalized spacial score (nSPS) is 17.2. The van der Waals surface area contributed by atoms with Crippen molar-refractivity contribution in [3.63, 3.8) is 0 Å². The molecule has 1 saturated heterocycles. The lowest BCUT2D eigenvalue weighted by Crippen LogP contribution is -2.46. The van der Waals surface area contributed by atoms with E-state index in [0.717, 1.165) is 4.88 Å². The van der Waals surface area contributed by atoms with E-state index in [4.69, 9.17) is 4.74 Å². The zero-order valence-corrected chi connectivity index (χ0v) is 16.5. The molecule has 0 saturated carbocycles. The van der Waals surface area contributed by atoms with Crippen LogP contribution in [0.5, 0.6) is 0 Å². The molecule has 0 unspecified atom stereocenters. The molecule has 0 radical (unpaired) electrons. The van der Waals surface area contributed by atoms with Crippen LogP contribution in [0.3, 0.4) is 0 Å². The Balaban J connectivity index is 2.09. The van der Waals surface area contributed by atoms with Crippen molar-refractivity contribution in [1.29, 1.82) is 5.26 Å². The quantitative estimate of drug-likeness (QED) is 0.552. The van der Waals surface area contributed by atoms with Crippen molar-refractivity contribution in [2.45, 2.75) is 44.6 Å². The van der Waals surface area contributed by atoms with E-state index in [2.05, 4.69) is 22.0 Å². The second kappa shape index (κ2) is 7.24. The highest BCUT2D eigenvalue weighted by molar-refractivity contribution is 9.09. The maximum Gasteiger partial charge on any atom is 0.410 e. The fourth-order valence-corrected chi connectivity index (χ4v) is 4.25. The fraction of sp³-hybridized carbons (Fsp3) is 0.588. The van der Waals surface area contributed by atoms with Crippen LogP contribution >= 0.6 is 27.3 Å². The van der Waals surface area contributed by atoms with Gasteiger partial charge in [-0.25, -0.2) is 4.79 Å². The number of ketones is 1. The monoisotopic (exact) mass is 412 g/mol. The summed E-state index contributed by atoms with van der Waals surface area (Å²) in [5, 5.41) is 10.0. The fourth-order valence-electron chi connectivity index (χ4n) is 2.62. The van der Waals surface area contributed by atoms with Crippen LogP contribution in [0, 0.1) is 11.3 Å². The van der Waals surface area contributed by atoms with Crippen molar-refractivity contribution in [1.82, 2.24) is 4.90 Å². The predicted octanol–water partition coefficient (Wildman–Crippen LogP) is 4.12. The van der Waals surface area contributed by atoms with Crippen LogP contribution in [0.1, 0.15) is 48.2 Å². The first-order valence-electron chi connectivity index (χ1n) is 7.79. The molecular formula is C17H21BrN2O3S. The molecule has 0 spiro atoms. The van der Waals surface area contributed by atoms with Gasteiger partial charge in [-0.05, 0) is 45.7 Å². The van der Waals surface area contributed by atoms with Gasteiger partial charge in [0.1, 0.15) is 5.60 Å². The second-order valence-electron chi connectivity index (χ2n) is 6.88. The van der Waals surface area contributed by atoms with Gasteiger partial charge in [0, 0.05) is 18.0 Å². The minimum Gasteiger partial charge on any atom is -0.444 e. The molecule has 5 nitrogen and oxygen atoms in total. The van der Waals surface area contributed by atoms with Crippen LogP contribution in [0.25, 0.3) is 0 Å². The number of hydrogen-bond donors (Lipinski definition) is 0. The van der Waals surface area contributed by atoms with Gasteiger partial charge in [-0.1, -0.05) is 15.9 Å². The molecule has 1 aliphatic rings. The van der Waals surface area contributed by atoms with Gasteiger partial charge in [-0.15, -0.1) is 11.3 Å². The van der Waals surface area contributed by atoms with Gasteiger partial charge in [0.2, 0.25) is 0 Å². The average Bonchev–Trinajstić information content (AvgIpc) is 3.03. The molecule has 1 aromatic rings. The highest BCUT2D eigenvalue weighted by Crippen LogP contribution is 2.39. The van der Waals surface area contributed by atoms with Gasteiger partial charge in [-0.3, -0.25) is 4.79 Å². The summed E-state index contributed by atoms with van der Waals surface area (Å²) in [6, 6.07) is 6.07. The first-order chi connectivity index (χ1) is 11.2. The third-order valence-corrected chi connectivity index (χ3v) is 5.80. The van der Waals surface area contributed by atoms with E-state index >= 15 is 0 Å². The molecule has 1 fully saturated rings. The van der Waals surface area contributed by atoms with E-state index in [-0.39, 0.29) is 17.2 Å². The maximum absolute atomic E-state index is 12.2. The molecule has 0 atom stereocenters. The Morgan fingerprint density at radius 2 is 2.00 bits per heavy atom. The summed E-state index contributed by atoms with van der Waals surface area (Å²) in [6.07, 6.45) is 0.756. The Hall–Kier alpha value is -1.39. The molecular weight excluding hydrogens is 392 g/mol. The highest BCUT2D eigenvalue weighted by Gasteiger charge is 2.40. The van der Waals surface area contributed by atoms with E-state index in [0.29, 0.717) is 30.8 Å². The molecule has 0 aliphatic carbocycles.